The van der Waals surface area contributed by atoms with E-state index in [1.54, 1.807) is 16.4 Å². The average molecular weight is 391 g/mol. The summed E-state index contributed by atoms with van der Waals surface area (Å²) in [7, 11) is -3.58. The van der Waals surface area contributed by atoms with Gasteiger partial charge in [0, 0.05) is 23.1 Å². The summed E-state index contributed by atoms with van der Waals surface area (Å²) in [6.07, 6.45) is 1.45. The van der Waals surface area contributed by atoms with Gasteiger partial charge in [0.25, 0.3) is 0 Å². The Morgan fingerprint density at radius 2 is 1.75 bits per heavy atom. The number of fused-ring (bicyclic) bond motifs is 4. The second kappa shape index (κ2) is 6.47. The first-order chi connectivity index (χ1) is 13.6. The smallest absolute Gasteiger partial charge is 0.243 e. The van der Waals surface area contributed by atoms with Crippen molar-refractivity contribution in [3.63, 3.8) is 0 Å². The number of nitrogens with zero attached hydrogens (tertiary/aromatic N) is 1. The molecule has 142 valence electrons. The number of sulfonamides is 1. The van der Waals surface area contributed by atoms with E-state index in [1.807, 2.05) is 49.4 Å². The molecule has 28 heavy (non-hydrogen) atoms. The lowest BCUT2D eigenvalue weighted by atomic mass is 9.98. The molecule has 0 bridgehead atoms. The Morgan fingerprint density at radius 3 is 2.57 bits per heavy atom. The van der Waals surface area contributed by atoms with E-state index in [4.69, 9.17) is 0 Å². The second-order valence-electron chi connectivity index (χ2n) is 7.36. The third-order valence-corrected chi connectivity index (χ3v) is 7.73. The summed E-state index contributed by atoms with van der Waals surface area (Å²) < 4.78 is 28.7. The maximum Gasteiger partial charge on any atom is 0.243 e. The summed E-state index contributed by atoms with van der Waals surface area (Å²) in [5.74, 6) is 0. The van der Waals surface area contributed by atoms with Crippen molar-refractivity contribution in [1.29, 1.82) is 0 Å². The van der Waals surface area contributed by atoms with Crippen LogP contribution in [0.1, 0.15) is 30.6 Å². The van der Waals surface area contributed by atoms with E-state index in [0.29, 0.717) is 11.4 Å². The van der Waals surface area contributed by atoms with Crippen LogP contribution in [0, 0.1) is 0 Å². The lowest BCUT2D eigenvalue weighted by molar-refractivity contribution is 0.297. The zero-order valence-corrected chi connectivity index (χ0v) is 16.5. The predicted octanol–water partition coefficient (Wildman–Crippen LogP) is 5.02. The van der Waals surface area contributed by atoms with Gasteiger partial charge in [-0.25, -0.2) is 8.42 Å². The zero-order chi connectivity index (χ0) is 19.3. The molecule has 1 aliphatic heterocycles. The van der Waals surface area contributed by atoms with Crippen molar-refractivity contribution < 1.29 is 8.42 Å². The second-order valence-corrected chi connectivity index (χ2v) is 9.25. The van der Waals surface area contributed by atoms with Crippen LogP contribution in [0.4, 0.5) is 0 Å². The molecule has 0 saturated carbocycles. The predicted molar refractivity (Wildman–Crippen MR) is 113 cm³/mol. The molecule has 0 radical (unpaired) electrons. The summed E-state index contributed by atoms with van der Waals surface area (Å²) in [4.78, 5) is 3.86. The minimum atomic E-state index is -3.58. The van der Waals surface area contributed by atoms with Crippen LogP contribution < -0.4 is 0 Å². The third-order valence-electron chi connectivity index (χ3n) is 5.82. The molecule has 1 aromatic heterocycles. The number of para-hydroxylation sites is 1. The number of hydrogen-bond donors (Lipinski definition) is 1. The SMILES string of the molecule is CCC1c2[nH]c3ccccc3c2CCN1S(=O)(=O)c1ccc2ccccc2c1. The molecule has 5 heteroatoms. The Labute approximate surface area is 164 Å². The quantitative estimate of drug-likeness (QED) is 0.534. The highest BCUT2D eigenvalue weighted by Crippen LogP contribution is 2.39. The third kappa shape index (κ3) is 2.58. The highest BCUT2D eigenvalue weighted by atomic mass is 32.2. The summed E-state index contributed by atoms with van der Waals surface area (Å²) in [6.45, 7) is 2.55. The van der Waals surface area contributed by atoms with Crippen LogP contribution in [0.25, 0.3) is 21.7 Å². The first kappa shape index (κ1) is 17.5. The van der Waals surface area contributed by atoms with Crippen molar-refractivity contribution in [1.82, 2.24) is 9.29 Å². The molecular formula is C23H22N2O2S. The molecule has 0 amide bonds. The molecule has 0 aliphatic carbocycles. The van der Waals surface area contributed by atoms with E-state index >= 15 is 0 Å². The van der Waals surface area contributed by atoms with Gasteiger partial charge in [-0.15, -0.1) is 0 Å². The Hall–Kier alpha value is -2.63. The highest BCUT2D eigenvalue weighted by Gasteiger charge is 2.37. The van der Waals surface area contributed by atoms with Gasteiger partial charge in [0.2, 0.25) is 10.0 Å². The number of H-pyrrole nitrogens is 1. The lowest BCUT2D eigenvalue weighted by Gasteiger charge is -2.34. The van der Waals surface area contributed by atoms with Crippen molar-refractivity contribution in [3.05, 3.63) is 78.0 Å². The van der Waals surface area contributed by atoms with Gasteiger partial charge in [-0.3, -0.25) is 0 Å². The standard InChI is InChI=1S/C23H22N2O2S/c1-2-22-23-20(19-9-5-6-10-21(19)24-23)13-14-25(22)28(26,27)18-12-11-16-7-3-4-8-17(16)15-18/h3-12,15,22,24H,2,13-14H2,1H3. The van der Waals surface area contributed by atoms with Crippen molar-refractivity contribution in [2.24, 2.45) is 0 Å². The maximum absolute atomic E-state index is 13.5. The van der Waals surface area contributed by atoms with Crippen molar-refractivity contribution >= 4 is 31.7 Å². The molecule has 1 aliphatic rings. The molecule has 0 spiro atoms. The highest BCUT2D eigenvalue weighted by molar-refractivity contribution is 7.89. The molecule has 5 rings (SSSR count). The molecule has 0 fully saturated rings. The molecule has 1 unspecified atom stereocenters. The van der Waals surface area contributed by atoms with E-state index in [2.05, 4.69) is 17.1 Å². The number of hydrogen-bond acceptors (Lipinski definition) is 2. The number of aromatic amines is 1. The maximum atomic E-state index is 13.5. The van der Waals surface area contributed by atoms with Gasteiger partial charge in [-0.05, 0) is 47.4 Å². The van der Waals surface area contributed by atoms with Crippen LogP contribution in [0.3, 0.4) is 0 Å². The summed E-state index contributed by atoms with van der Waals surface area (Å²) >= 11 is 0. The Morgan fingerprint density at radius 1 is 1.00 bits per heavy atom. The van der Waals surface area contributed by atoms with Crippen molar-refractivity contribution in [3.8, 4) is 0 Å². The molecule has 4 nitrogen and oxygen atoms in total. The van der Waals surface area contributed by atoms with E-state index in [9.17, 15) is 8.42 Å². The van der Waals surface area contributed by atoms with Crippen LogP contribution >= 0.6 is 0 Å². The molecule has 0 saturated heterocycles. The van der Waals surface area contributed by atoms with Crippen LogP contribution in [0.15, 0.2) is 71.6 Å². The first-order valence-electron chi connectivity index (χ1n) is 9.69. The normalized spacial score (nSPS) is 17.8. The number of benzene rings is 3. The largest absolute Gasteiger partial charge is 0.357 e. The Balaban J connectivity index is 1.61. The lowest BCUT2D eigenvalue weighted by Crippen LogP contribution is -2.39. The number of nitrogens with one attached hydrogen (secondary N) is 1. The molecule has 2 heterocycles. The Bertz CT molecular complexity index is 1290. The monoisotopic (exact) mass is 390 g/mol. The van der Waals surface area contributed by atoms with E-state index in [-0.39, 0.29) is 6.04 Å². The van der Waals surface area contributed by atoms with E-state index in [0.717, 1.165) is 34.8 Å². The molecule has 4 aromatic rings. The summed E-state index contributed by atoms with van der Waals surface area (Å²) in [5, 5.41) is 3.20. The van der Waals surface area contributed by atoms with Gasteiger partial charge in [0.05, 0.1) is 10.9 Å². The van der Waals surface area contributed by atoms with Crippen LogP contribution in [0.5, 0.6) is 0 Å². The zero-order valence-electron chi connectivity index (χ0n) is 15.7. The van der Waals surface area contributed by atoms with Gasteiger partial charge < -0.3 is 4.98 Å². The van der Waals surface area contributed by atoms with Gasteiger partial charge in [-0.2, -0.15) is 4.31 Å². The van der Waals surface area contributed by atoms with Crippen molar-refractivity contribution in [2.75, 3.05) is 6.54 Å². The first-order valence-corrected chi connectivity index (χ1v) is 11.1. The minimum absolute atomic E-state index is 0.173. The fourth-order valence-corrected chi connectivity index (χ4v) is 6.16. The molecule has 1 atom stereocenters. The summed E-state index contributed by atoms with van der Waals surface area (Å²) in [5.41, 5.74) is 3.38. The fourth-order valence-electron chi connectivity index (χ4n) is 4.46. The minimum Gasteiger partial charge on any atom is -0.357 e. The van der Waals surface area contributed by atoms with Crippen LogP contribution in [-0.4, -0.2) is 24.3 Å². The van der Waals surface area contributed by atoms with Gasteiger partial charge in [0.15, 0.2) is 0 Å². The number of aromatic nitrogens is 1. The topological polar surface area (TPSA) is 53.2 Å². The fraction of sp³-hybridized carbons (Fsp3) is 0.217. The van der Waals surface area contributed by atoms with Gasteiger partial charge >= 0.3 is 0 Å². The van der Waals surface area contributed by atoms with Gasteiger partial charge in [-0.1, -0.05) is 55.5 Å². The van der Waals surface area contributed by atoms with Crippen molar-refractivity contribution in [2.45, 2.75) is 30.7 Å². The summed E-state index contributed by atoms with van der Waals surface area (Å²) in [6, 6.07) is 21.3. The van der Waals surface area contributed by atoms with E-state index in [1.165, 1.54) is 10.9 Å². The molecule has 1 N–H and O–H groups in total. The number of rotatable bonds is 3. The molecular weight excluding hydrogens is 368 g/mol. The van der Waals surface area contributed by atoms with E-state index < -0.39 is 10.0 Å². The average Bonchev–Trinajstić information content (AvgIpc) is 3.11. The molecule has 3 aromatic carbocycles. The Kier molecular flexibility index (Phi) is 4.03. The van der Waals surface area contributed by atoms with Crippen LogP contribution in [-0.2, 0) is 16.4 Å². The van der Waals surface area contributed by atoms with Gasteiger partial charge in [0.1, 0.15) is 0 Å². The van der Waals surface area contributed by atoms with Crippen LogP contribution in [0.2, 0.25) is 0 Å².